The van der Waals surface area contributed by atoms with Crippen LogP contribution < -0.4 is 11.1 Å². The first-order valence-electron chi connectivity index (χ1n) is 5.01. The zero-order valence-corrected chi connectivity index (χ0v) is 10.8. The highest BCUT2D eigenvalue weighted by Crippen LogP contribution is 2.24. The molecule has 18 heavy (non-hydrogen) atoms. The molecule has 0 saturated heterocycles. The Labute approximate surface area is 105 Å². The molecule has 0 fully saturated rings. The number of hydrogen-bond acceptors (Lipinski definition) is 4. The van der Waals surface area contributed by atoms with E-state index in [1.54, 1.807) is 0 Å². The van der Waals surface area contributed by atoms with Crippen molar-refractivity contribution in [2.45, 2.75) is 4.90 Å². The molecule has 0 radical (unpaired) electrons. The molecule has 1 aromatic carbocycles. The maximum absolute atomic E-state index is 13.5. The van der Waals surface area contributed by atoms with E-state index in [0.717, 1.165) is 10.4 Å². The molecule has 8 heteroatoms. The number of amides is 1. The summed E-state index contributed by atoms with van der Waals surface area (Å²) in [6.07, 6.45) is 0. The van der Waals surface area contributed by atoms with Crippen molar-refractivity contribution in [3.63, 3.8) is 0 Å². The molecule has 1 amide bonds. The Morgan fingerprint density at radius 3 is 2.61 bits per heavy atom. The quantitative estimate of drug-likeness (QED) is 0.743. The van der Waals surface area contributed by atoms with Gasteiger partial charge in [-0.2, -0.15) is 4.31 Å². The van der Waals surface area contributed by atoms with E-state index in [1.807, 2.05) is 0 Å². The number of benzene rings is 1. The van der Waals surface area contributed by atoms with Crippen LogP contribution in [0.2, 0.25) is 0 Å². The molecule has 6 nitrogen and oxygen atoms in total. The van der Waals surface area contributed by atoms with Crippen molar-refractivity contribution in [1.82, 2.24) is 9.62 Å². The molecular weight excluding hydrogens is 261 g/mol. The highest BCUT2D eigenvalue weighted by atomic mass is 32.2. The predicted molar refractivity (Wildman–Crippen MR) is 64.7 cm³/mol. The summed E-state index contributed by atoms with van der Waals surface area (Å²) in [5.41, 5.74) is 5.27. The SMILES string of the molecule is CNC(=O)CN(C)S(=O)(=O)c1c(N)cccc1F. The highest BCUT2D eigenvalue weighted by Gasteiger charge is 2.28. The molecule has 0 heterocycles. The Bertz CT molecular complexity index is 539. The Hall–Kier alpha value is -1.67. The third-order valence-electron chi connectivity index (χ3n) is 2.31. The van der Waals surface area contributed by atoms with Crippen molar-refractivity contribution < 1.29 is 17.6 Å². The third-order valence-corrected chi connectivity index (χ3v) is 4.21. The summed E-state index contributed by atoms with van der Waals surface area (Å²) in [4.78, 5) is 10.5. The van der Waals surface area contributed by atoms with Gasteiger partial charge in [-0.05, 0) is 12.1 Å². The summed E-state index contributed by atoms with van der Waals surface area (Å²) >= 11 is 0. The van der Waals surface area contributed by atoms with Gasteiger partial charge < -0.3 is 11.1 Å². The molecule has 0 spiro atoms. The summed E-state index contributed by atoms with van der Waals surface area (Å²) in [6, 6.07) is 3.59. The number of nitrogens with one attached hydrogen (secondary N) is 1. The Morgan fingerprint density at radius 1 is 1.50 bits per heavy atom. The number of nitrogens with two attached hydrogens (primary N) is 1. The number of sulfonamides is 1. The number of halogens is 1. The lowest BCUT2D eigenvalue weighted by molar-refractivity contribution is -0.120. The Kier molecular flexibility index (Phi) is 4.25. The molecule has 0 aliphatic rings. The Morgan fingerprint density at radius 2 is 2.11 bits per heavy atom. The molecule has 0 aliphatic heterocycles. The topological polar surface area (TPSA) is 92.5 Å². The lowest BCUT2D eigenvalue weighted by Gasteiger charge is -2.17. The van der Waals surface area contributed by atoms with Crippen molar-refractivity contribution in [2.24, 2.45) is 0 Å². The molecule has 3 N–H and O–H groups in total. The molecular formula is C10H14FN3O3S. The fourth-order valence-corrected chi connectivity index (χ4v) is 2.60. The van der Waals surface area contributed by atoms with Crippen LogP contribution in [0.4, 0.5) is 10.1 Å². The van der Waals surface area contributed by atoms with Crippen LogP contribution in [0, 0.1) is 5.82 Å². The molecule has 1 rings (SSSR count). The normalized spacial score (nSPS) is 11.6. The van der Waals surface area contributed by atoms with Crippen molar-refractivity contribution in [3.8, 4) is 0 Å². The zero-order chi connectivity index (χ0) is 13.9. The van der Waals surface area contributed by atoms with E-state index >= 15 is 0 Å². The van der Waals surface area contributed by atoms with Crippen molar-refractivity contribution in [1.29, 1.82) is 0 Å². The fourth-order valence-electron chi connectivity index (χ4n) is 1.32. The molecule has 100 valence electrons. The van der Waals surface area contributed by atoms with Gasteiger partial charge in [0.2, 0.25) is 15.9 Å². The highest BCUT2D eigenvalue weighted by molar-refractivity contribution is 7.89. The summed E-state index contributed by atoms with van der Waals surface area (Å²) in [6.45, 7) is -0.410. The maximum atomic E-state index is 13.5. The number of nitrogens with zero attached hydrogens (tertiary/aromatic N) is 1. The van der Waals surface area contributed by atoms with Gasteiger partial charge in [0.1, 0.15) is 10.7 Å². The molecule has 0 bridgehead atoms. The second-order valence-electron chi connectivity index (χ2n) is 3.59. The summed E-state index contributed by atoms with van der Waals surface area (Å²) in [7, 11) is -1.58. The Balaban J connectivity index is 3.18. The van der Waals surface area contributed by atoms with E-state index in [9.17, 15) is 17.6 Å². The third kappa shape index (κ3) is 2.77. The van der Waals surface area contributed by atoms with Gasteiger partial charge in [0, 0.05) is 14.1 Å². The predicted octanol–water partition coefficient (Wildman–Crippen LogP) is -0.226. The van der Waals surface area contributed by atoms with E-state index in [-0.39, 0.29) is 5.69 Å². The van der Waals surface area contributed by atoms with Crippen molar-refractivity contribution >= 4 is 21.6 Å². The second kappa shape index (κ2) is 5.32. The molecule has 0 unspecified atom stereocenters. The molecule has 0 aliphatic carbocycles. The van der Waals surface area contributed by atoms with Crippen LogP contribution in [0.3, 0.4) is 0 Å². The molecule has 0 atom stereocenters. The molecule has 0 aromatic heterocycles. The number of rotatable bonds is 4. The van der Waals surface area contributed by atoms with Gasteiger partial charge in [0.05, 0.1) is 12.2 Å². The van der Waals surface area contributed by atoms with Crippen LogP contribution in [0.15, 0.2) is 23.1 Å². The number of carbonyl (C=O) groups is 1. The van der Waals surface area contributed by atoms with Crippen molar-refractivity contribution in [3.05, 3.63) is 24.0 Å². The average molecular weight is 275 g/mol. The monoisotopic (exact) mass is 275 g/mol. The van der Waals surface area contributed by atoms with Gasteiger partial charge in [-0.1, -0.05) is 6.07 Å². The van der Waals surface area contributed by atoms with Crippen LogP contribution >= 0.6 is 0 Å². The first-order valence-corrected chi connectivity index (χ1v) is 6.45. The van der Waals surface area contributed by atoms with Crippen molar-refractivity contribution in [2.75, 3.05) is 26.4 Å². The molecule has 1 aromatic rings. The number of hydrogen-bond donors (Lipinski definition) is 2. The van der Waals surface area contributed by atoms with Gasteiger partial charge in [-0.3, -0.25) is 4.79 Å². The van der Waals surface area contributed by atoms with E-state index in [2.05, 4.69) is 5.32 Å². The van der Waals surface area contributed by atoms with Gasteiger partial charge in [-0.15, -0.1) is 0 Å². The van der Waals surface area contributed by atoms with Gasteiger partial charge in [-0.25, -0.2) is 12.8 Å². The fraction of sp³-hybridized carbons (Fsp3) is 0.300. The summed E-state index contributed by atoms with van der Waals surface area (Å²) in [5, 5.41) is 2.28. The largest absolute Gasteiger partial charge is 0.398 e. The number of anilines is 1. The van der Waals surface area contributed by atoms with Crippen LogP contribution in [0.5, 0.6) is 0 Å². The minimum atomic E-state index is -4.13. The van der Waals surface area contributed by atoms with E-state index < -0.39 is 33.2 Å². The van der Waals surface area contributed by atoms with Gasteiger partial charge in [0.15, 0.2) is 0 Å². The van der Waals surface area contributed by atoms with E-state index in [0.29, 0.717) is 0 Å². The first kappa shape index (κ1) is 14.4. The number of carbonyl (C=O) groups excluding carboxylic acids is 1. The lowest BCUT2D eigenvalue weighted by atomic mass is 10.3. The van der Waals surface area contributed by atoms with E-state index in [4.69, 9.17) is 5.73 Å². The lowest BCUT2D eigenvalue weighted by Crippen LogP contribution is -2.37. The molecule has 0 saturated carbocycles. The van der Waals surface area contributed by atoms with Crippen LogP contribution in [-0.2, 0) is 14.8 Å². The van der Waals surface area contributed by atoms with Gasteiger partial charge in [0.25, 0.3) is 0 Å². The maximum Gasteiger partial charge on any atom is 0.248 e. The smallest absolute Gasteiger partial charge is 0.248 e. The van der Waals surface area contributed by atoms with Crippen LogP contribution in [0.1, 0.15) is 0 Å². The summed E-state index contributed by atoms with van der Waals surface area (Å²) in [5.74, 6) is -1.45. The number of nitrogen functional groups attached to an aromatic ring is 1. The minimum absolute atomic E-state index is 0.196. The van der Waals surface area contributed by atoms with E-state index in [1.165, 1.54) is 26.2 Å². The van der Waals surface area contributed by atoms with Gasteiger partial charge >= 0.3 is 0 Å². The number of likely N-dealkylation sites (N-methyl/N-ethyl adjacent to an activating group) is 2. The first-order chi connectivity index (χ1) is 8.30. The minimum Gasteiger partial charge on any atom is -0.398 e. The zero-order valence-electron chi connectivity index (χ0n) is 9.97. The second-order valence-corrected chi connectivity index (χ2v) is 5.57. The summed E-state index contributed by atoms with van der Waals surface area (Å²) < 4.78 is 38.4. The standard InChI is InChI=1S/C10H14FN3O3S/c1-13-9(15)6-14(2)18(16,17)10-7(11)4-3-5-8(10)12/h3-5H,6,12H2,1-2H3,(H,13,15). The van der Waals surface area contributed by atoms with Crippen LogP contribution in [-0.4, -0.2) is 39.3 Å². The average Bonchev–Trinajstić information content (AvgIpc) is 2.28. The van der Waals surface area contributed by atoms with Crippen LogP contribution in [0.25, 0.3) is 0 Å².